The highest BCUT2D eigenvalue weighted by molar-refractivity contribution is 7.91. The van der Waals surface area contributed by atoms with E-state index in [2.05, 4.69) is 10.2 Å². The van der Waals surface area contributed by atoms with Crippen LogP contribution in [0.15, 0.2) is 34.3 Å². The van der Waals surface area contributed by atoms with Gasteiger partial charge in [0.25, 0.3) is 5.16 Å². The Kier molecular flexibility index (Phi) is 1.53. The molecule has 7 heteroatoms. The number of nitrogens with zero attached hydrogens (tertiary/aromatic N) is 3. The van der Waals surface area contributed by atoms with Crippen LogP contribution in [-0.4, -0.2) is 23.2 Å². The van der Waals surface area contributed by atoms with E-state index in [1.165, 1.54) is 10.6 Å². The van der Waals surface area contributed by atoms with Gasteiger partial charge in [-0.05, 0) is 23.7 Å². The van der Waals surface area contributed by atoms with Crippen LogP contribution in [0.1, 0.15) is 0 Å². The lowest BCUT2D eigenvalue weighted by Crippen LogP contribution is -1.98. The standard InChI is InChI=1S/C8H4ClN3O2S/c9-7-10-11-8-12(7)5-3-1-2-4-6(5)15(8,13)14/h1-4H. The molecule has 76 valence electrons. The van der Waals surface area contributed by atoms with E-state index in [9.17, 15) is 8.42 Å². The molecule has 1 aromatic carbocycles. The molecule has 15 heavy (non-hydrogen) atoms. The van der Waals surface area contributed by atoms with Gasteiger partial charge >= 0.3 is 0 Å². The number of sulfone groups is 1. The molecule has 0 amide bonds. The zero-order valence-corrected chi connectivity index (χ0v) is 8.83. The third-order valence-electron chi connectivity index (χ3n) is 2.23. The van der Waals surface area contributed by atoms with Crippen LogP contribution in [0.25, 0.3) is 5.69 Å². The third-order valence-corrected chi connectivity index (χ3v) is 4.14. The van der Waals surface area contributed by atoms with E-state index >= 15 is 0 Å². The van der Waals surface area contributed by atoms with Gasteiger partial charge in [-0.3, -0.25) is 4.57 Å². The van der Waals surface area contributed by atoms with Crippen molar-refractivity contribution in [1.29, 1.82) is 0 Å². The molecule has 0 N–H and O–H groups in total. The van der Waals surface area contributed by atoms with Crippen molar-refractivity contribution >= 4 is 21.4 Å². The highest BCUT2D eigenvalue weighted by Gasteiger charge is 2.36. The van der Waals surface area contributed by atoms with Crippen molar-refractivity contribution in [2.75, 3.05) is 0 Å². The van der Waals surface area contributed by atoms with Gasteiger partial charge < -0.3 is 0 Å². The molecular formula is C8H4ClN3O2S. The fraction of sp³-hybridized carbons (Fsp3) is 0. The van der Waals surface area contributed by atoms with Gasteiger partial charge in [0.1, 0.15) is 0 Å². The van der Waals surface area contributed by atoms with Crippen LogP contribution in [0.4, 0.5) is 0 Å². The molecule has 0 saturated heterocycles. The topological polar surface area (TPSA) is 64.8 Å². The second kappa shape index (κ2) is 2.59. The molecular weight excluding hydrogens is 238 g/mol. The predicted octanol–water partition coefficient (Wildman–Crippen LogP) is 1.07. The summed E-state index contributed by atoms with van der Waals surface area (Å²) < 4.78 is 25.1. The second-order valence-electron chi connectivity index (χ2n) is 3.06. The average molecular weight is 242 g/mol. The lowest BCUT2D eigenvalue weighted by Gasteiger charge is -1.97. The summed E-state index contributed by atoms with van der Waals surface area (Å²) in [4.78, 5) is 0.219. The first kappa shape index (κ1) is 8.87. The van der Waals surface area contributed by atoms with Crippen molar-refractivity contribution < 1.29 is 8.42 Å². The number of fused-ring (bicyclic) bond motifs is 3. The quantitative estimate of drug-likeness (QED) is 0.591. The molecule has 0 spiro atoms. The predicted molar refractivity (Wildman–Crippen MR) is 51.8 cm³/mol. The molecule has 1 aromatic heterocycles. The first-order chi connectivity index (χ1) is 7.12. The van der Waals surface area contributed by atoms with E-state index in [0.717, 1.165) is 0 Å². The zero-order chi connectivity index (χ0) is 10.6. The molecule has 1 aliphatic rings. The fourth-order valence-electron chi connectivity index (χ4n) is 1.60. The lowest BCUT2D eigenvalue weighted by atomic mass is 10.3. The number of para-hydroxylation sites is 1. The van der Waals surface area contributed by atoms with Crippen molar-refractivity contribution in [3.63, 3.8) is 0 Å². The van der Waals surface area contributed by atoms with Crippen LogP contribution in [0.3, 0.4) is 0 Å². The van der Waals surface area contributed by atoms with Gasteiger partial charge in [0.05, 0.1) is 10.6 Å². The van der Waals surface area contributed by atoms with E-state index < -0.39 is 9.84 Å². The van der Waals surface area contributed by atoms with Crippen LogP contribution in [-0.2, 0) is 9.84 Å². The molecule has 0 unspecified atom stereocenters. The van der Waals surface area contributed by atoms with E-state index in [4.69, 9.17) is 11.6 Å². The maximum atomic E-state index is 11.9. The molecule has 0 aliphatic carbocycles. The van der Waals surface area contributed by atoms with Gasteiger partial charge in [-0.2, -0.15) is 0 Å². The Morgan fingerprint density at radius 2 is 1.93 bits per heavy atom. The van der Waals surface area contributed by atoms with E-state index in [0.29, 0.717) is 5.69 Å². The van der Waals surface area contributed by atoms with Gasteiger partial charge in [-0.25, -0.2) is 8.42 Å². The summed E-state index contributed by atoms with van der Waals surface area (Å²) in [6.45, 7) is 0. The van der Waals surface area contributed by atoms with Crippen molar-refractivity contribution in [2.24, 2.45) is 0 Å². The van der Waals surface area contributed by atoms with E-state index in [-0.39, 0.29) is 15.3 Å². The zero-order valence-electron chi connectivity index (χ0n) is 7.25. The monoisotopic (exact) mass is 241 g/mol. The van der Waals surface area contributed by atoms with Crippen LogP contribution in [0, 0.1) is 0 Å². The third kappa shape index (κ3) is 0.950. The summed E-state index contributed by atoms with van der Waals surface area (Å²) in [7, 11) is -3.54. The number of halogens is 1. The summed E-state index contributed by atoms with van der Waals surface area (Å²) >= 11 is 5.77. The Bertz CT molecular complexity index is 662. The highest BCUT2D eigenvalue weighted by atomic mass is 35.5. The first-order valence-corrected chi connectivity index (χ1v) is 5.94. The minimum atomic E-state index is -3.54. The van der Waals surface area contributed by atoms with Gasteiger partial charge in [0, 0.05) is 0 Å². The Labute approximate surface area is 90.2 Å². The summed E-state index contributed by atoms with van der Waals surface area (Å²) in [5.41, 5.74) is 0.502. The smallest absolute Gasteiger partial charge is 0.255 e. The van der Waals surface area contributed by atoms with Crippen molar-refractivity contribution in [3.8, 4) is 5.69 Å². The summed E-state index contributed by atoms with van der Waals surface area (Å²) in [5.74, 6) is 0. The van der Waals surface area contributed by atoms with Crippen molar-refractivity contribution in [2.45, 2.75) is 10.1 Å². The van der Waals surface area contributed by atoms with Crippen molar-refractivity contribution in [1.82, 2.24) is 14.8 Å². The molecule has 0 saturated carbocycles. The molecule has 5 nitrogen and oxygen atoms in total. The molecule has 0 atom stereocenters. The normalized spacial score (nSPS) is 16.1. The highest BCUT2D eigenvalue weighted by Crippen LogP contribution is 2.35. The van der Waals surface area contributed by atoms with E-state index in [1.54, 1.807) is 18.2 Å². The number of rotatable bonds is 0. The van der Waals surface area contributed by atoms with Crippen LogP contribution in [0.2, 0.25) is 5.28 Å². The Hall–Kier alpha value is -1.40. The first-order valence-electron chi connectivity index (χ1n) is 4.08. The minimum Gasteiger partial charge on any atom is -0.255 e. The van der Waals surface area contributed by atoms with Gasteiger partial charge in [-0.1, -0.05) is 12.1 Å². The average Bonchev–Trinajstić information content (AvgIpc) is 2.69. The van der Waals surface area contributed by atoms with Gasteiger partial charge in [0.15, 0.2) is 0 Å². The van der Waals surface area contributed by atoms with Gasteiger partial charge in [-0.15, -0.1) is 10.2 Å². The SMILES string of the molecule is O=S1(=O)c2ccccc2-n2c(Cl)nnc21. The van der Waals surface area contributed by atoms with Crippen LogP contribution in [0.5, 0.6) is 0 Å². The Balaban J connectivity index is 2.55. The largest absolute Gasteiger partial charge is 0.260 e. The summed E-state index contributed by atoms with van der Waals surface area (Å²) in [6, 6.07) is 6.58. The van der Waals surface area contributed by atoms with Crippen LogP contribution >= 0.6 is 11.6 Å². The number of aromatic nitrogens is 3. The number of hydrogen-bond donors (Lipinski definition) is 0. The maximum Gasteiger partial charge on any atom is 0.260 e. The number of benzene rings is 1. The minimum absolute atomic E-state index is 0.0542. The summed E-state index contributed by atoms with van der Waals surface area (Å²) in [5, 5.41) is 7.03. The Morgan fingerprint density at radius 3 is 2.73 bits per heavy atom. The number of hydrogen-bond acceptors (Lipinski definition) is 4. The molecule has 2 aromatic rings. The molecule has 2 heterocycles. The second-order valence-corrected chi connectivity index (χ2v) is 5.21. The lowest BCUT2D eigenvalue weighted by molar-refractivity contribution is 0.591. The molecule has 0 fully saturated rings. The molecule has 3 rings (SSSR count). The Morgan fingerprint density at radius 1 is 1.20 bits per heavy atom. The fourth-order valence-corrected chi connectivity index (χ4v) is 3.32. The molecule has 1 aliphatic heterocycles. The molecule has 0 bridgehead atoms. The van der Waals surface area contributed by atoms with Crippen molar-refractivity contribution in [3.05, 3.63) is 29.5 Å². The van der Waals surface area contributed by atoms with Gasteiger partial charge in [0.2, 0.25) is 15.1 Å². The summed E-state index contributed by atoms with van der Waals surface area (Å²) in [6.07, 6.45) is 0. The molecule has 0 radical (unpaired) electrons. The van der Waals surface area contributed by atoms with E-state index in [1.807, 2.05) is 0 Å². The van der Waals surface area contributed by atoms with Crippen LogP contribution < -0.4 is 0 Å². The maximum absolute atomic E-state index is 11.9.